The van der Waals surface area contributed by atoms with E-state index in [2.05, 4.69) is 31.4 Å². The fourth-order valence-corrected chi connectivity index (χ4v) is 2.62. The highest BCUT2D eigenvalue weighted by Gasteiger charge is 2.07. The normalized spacial score (nSPS) is 10.8. The average molecular weight is 368 g/mol. The van der Waals surface area contributed by atoms with Gasteiger partial charge >= 0.3 is 5.97 Å². The number of thiazole rings is 1. The van der Waals surface area contributed by atoms with Crippen molar-refractivity contribution in [1.82, 2.24) is 4.98 Å². The highest BCUT2D eigenvalue weighted by Crippen LogP contribution is 2.16. The first kappa shape index (κ1) is 15.7. The van der Waals surface area contributed by atoms with Crippen LogP contribution < -0.4 is 5.43 Å². The molecule has 1 aromatic carbocycles. The average Bonchev–Trinajstić information content (AvgIpc) is 2.86. The summed E-state index contributed by atoms with van der Waals surface area (Å²) in [5, 5.41) is 6.57. The third-order valence-electron chi connectivity index (χ3n) is 2.41. The van der Waals surface area contributed by atoms with Crippen LogP contribution in [0.4, 0.5) is 5.13 Å². The molecule has 110 valence electrons. The van der Waals surface area contributed by atoms with Gasteiger partial charge in [0.1, 0.15) is 0 Å². The number of aromatic nitrogens is 1. The number of ether oxygens (including phenoxy) is 1. The molecule has 0 aliphatic carbocycles. The molecule has 0 aliphatic rings. The van der Waals surface area contributed by atoms with E-state index < -0.39 is 0 Å². The summed E-state index contributed by atoms with van der Waals surface area (Å²) in [7, 11) is 0. The standard InChI is InChI=1S/C14H14BrN3O2S/c1-2-20-13(19)7-12-9-21-14(17-12)18-16-8-10-4-3-5-11(15)6-10/h3-6,8-9H,2,7H2,1H3,(H,17,18)/b16-8+. The van der Waals surface area contributed by atoms with Gasteiger partial charge in [0.05, 0.1) is 24.9 Å². The van der Waals surface area contributed by atoms with Gasteiger partial charge in [-0.3, -0.25) is 10.2 Å². The minimum atomic E-state index is -0.271. The first-order valence-corrected chi connectivity index (χ1v) is 7.99. The summed E-state index contributed by atoms with van der Waals surface area (Å²) >= 11 is 4.80. The van der Waals surface area contributed by atoms with Crippen molar-refractivity contribution in [1.29, 1.82) is 0 Å². The Morgan fingerprint density at radius 1 is 1.57 bits per heavy atom. The lowest BCUT2D eigenvalue weighted by molar-refractivity contribution is -0.142. The lowest BCUT2D eigenvalue weighted by atomic mass is 10.2. The molecule has 0 saturated carbocycles. The summed E-state index contributed by atoms with van der Waals surface area (Å²) in [5.74, 6) is -0.271. The van der Waals surface area contributed by atoms with Crippen LogP contribution in [0.25, 0.3) is 0 Å². The zero-order valence-corrected chi connectivity index (χ0v) is 13.8. The van der Waals surface area contributed by atoms with Crippen LogP contribution in [0.15, 0.2) is 39.2 Å². The van der Waals surface area contributed by atoms with Crippen LogP contribution in [0.3, 0.4) is 0 Å². The highest BCUT2D eigenvalue weighted by molar-refractivity contribution is 9.10. The van der Waals surface area contributed by atoms with Crippen molar-refractivity contribution in [2.24, 2.45) is 5.10 Å². The summed E-state index contributed by atoms with van der Waals surface area (Å²) < 4.78 is 5.87. The second-order valence-electron chi connectivity index (χ2n) is 4.05. The molecule has 0 atom stereocenters. The Balaban J connectivity index is 1.89. The molecule has 2 aromatic rings. The third-order valence-corrected chi connectivity index (χ3v) is 3.69. The van der Waals surface area contributed by atoms with Gasteiger partial charge in [-0.1, -0.05) is 28.1 Å². The summed E-state index contributed by atoms with van der Waals surface area (Å²) in [6, 6.07) is 7.79. The molecule has 0 unspecified atom stereocenters. The van der Waals surface area contributed by atoms with E-state index in [4.69, 9.17) is 4.74 Å². The van der Waals surface area contributed by atoms with Crippen molar-refractivity contribution in [2.45, 2.75) is 13.3 Å². The number of nitrogens with zero attached hydrogens (tertiary/aromatic N) is 2. The molecule has 0 aliphatic heterocycles. The SMILES string of the molecule is CCOC(=O)Cc1csc(N/N=C/c2cccc(Br)c2)n1. The molecule has 0 amide bonds. The van der Waals surface area contributed by atoms with Gasteiger partial charge in [-0.15, -0.1) is 11.3 Å². The molecular formula is C14H14BrN3O2S. The van der Waals surface area contributed by atoms with E-state index in [1.165, 1.54) is 11.3 Å². The fourth-order valence-electron chi connectivity index (χ4n) is 1.55. The summed E-state index contributed by atoms with van der Waals surface area (Å²) in [4.78, 5) is 15.6. The smallest absolute Gasteiger partial charge is 0.311 e. The van der Waals surface area contributed by atoms with Crippen LogP contribution in [0.2, 0.25) is 0 Å². The predicted octanol–water partition coefficient (Wildman–Crippen LogP) is 3.46. The maximum Gasteiger partial charge on any atom is 0.311 e. The molecule has 1 aromatic heterocycles. The van der Waals surface area contributed by atoms with Crippen LogP contribution in [-0.2, 0) is 16.0 Å². The molecule has 7 heteroatoms. The second-order valence-corrected chi connectivity index (χ2v) is 5.82. The van der Waals surface area contributed by atoms with Gasteiger partial charge < -0.3 is 4.74 Å². The van der Waals surface area contributed by atoms with E-state index >= 15 is 0 Å². The maximum absolute atomic E-state index is 11.3. The van der Waals surface area contributed by atoms with Gasteiger partial charge in [0.15, 0.2) is 0 Å². The van der Waals surface area contributed by atoms with Crippen molar-refractivity contribution < 1.29 is 9.53 Å². The van der Waals surface area contributed by atoms with Gasteiger partial charge in [-0.2, -0.15) is 5.10 Å². The van der Waals surface area contributed by atoms with Gasteiger partial charge in [-0.05, 0) is 24.6 Å². The number of rotatable bonds is 6. The second kappa shape index (κ2) is 7.90. The van der Waals surface area contributed by atoms with Gasteiger partial charge in [0.25, 0.3) is 0 Å². The summed E-state index contributed by atoms with van der Waals surface area (Å²) in [6.45, 7) is 2.16. The Kier molecular flexibility index (Phi) is 5.89. The Hall–Kier alpha value is -1.73. The third kappa shape index (κ3) is 5.28. The molecule has 0 bridgehead atoms. The van der Waals surface area contributed by atoms with Crippen molar-refractivity contribution in [3.8, 4) is 0 Å². The highest BCUT2D eigenvalue weighted by atomic mass is 79.9. The van der Waals surface area contributed by atoms with Crippen molar-refractivity contribution in [2.75, 3.05) is 12.0 Å². The monoisotopic (exact) mass is 367 g/mol. The molecule has 0 saturated heterocycles. The molecular weight excluding hydrogens is 354 g/mol. The largest absolute Gasteiger partial charge is 0.466 e. The van der Waals surface area contributed by atoms with E-state index in [-0.39, 0.29) is 12.4 Å². The predicted molar refractivity (Wildman–Crippen MR) is 87.8 cm³/mol. The van der Waals surface area contributed by atoms with E-state index in [0.717, 1.165) is 10.0 Å². The number of anilines is 1. The quantitative estimate of drug-likeness (QED) is 0.482. The number of hydrogen-bond acceptors (Lipinski definition) is 6. The minimum absolute atomic E-state index is 0.182. The number of carbonyl (C=O) groups is 1. The molecule has 1 N–H and O–H groups in total. The zero-order valence-electron chi connectivity index (χ0n) is 11.4. The van der Waals surface area contributed by atoms with Crippen molar-refractivity contribution in [3.63, 3.8) is 0 Å². The molecule has 2 rings (SSSR count). The zero-order chi connectivity index (χ0) is 15.1. The number of benzene rings is 1. The maximum atomic E-state index is 11.3. The van der Waals surface area contributed by atoms with Gasteiger partial charge in [0.2, 0.25) is 5.13 Å². The van der Waals surface area contributed by atoms with Crippen molar-refractivity contribution in [3.05, 3.63) is 45.4 Å². The van der Waals surface area contributed by atoms with Crippen molar-refractivity contribution >= 4 is 44.6 Å². The molecule has 5 nitrogen and oxygen atoms in total. The molecule has 1 heterocycles. The number of hydrazone groups is 1. The Bertz CT molecular complexity index is 643. The molecule has 0 radical (unpaired) electrons. The molecule has 0 spiro atoms. The van der Waals surface area contributed by atoms with Crippen LogP contribution in [0.1, 0.15) is 18.2 Å². The van der Waals surface area contributed by atoms with Crippen LogP contribution in [-0.4, -0.2) is 23.8 Å². The number of carbonyl (C=O) groups excluding carboxylic acids is 1. The van der Waals surface area contributed by atoms with E-state index in [1.54, 1.807) is 13.1 Å². The van der Waals surface area contributed by atoms with Crippen LogP contribution in [0, 0.1) is 0 Å². The summed E-state index contributed by atoms with van der Waals surface area (Å²) in [5.41, 5.74) is 4.50. The minimum Gasteiger partial charge on any atom is -0.466 e. The molecule has 21 heavy (non-hydrogen) atoms. The van der Waals surface area contributed by atoms with Crippen LogP contribution in [0.5, 0.6) is 0 Å². The number of esters is 1. The first-order chi connectivity index (χ1) is 10.2. The molecule has 0 fully saturated rings. The van der Waals surface area contributed by atoms with Gasteiger partial charge in [0, 0.05) is 9.85 Å². The van der Waals surface area contributed by atoms with E-state index in [0.29, 0.717) is 17.4 Å². The topological polar surface area (TPSA) is 63.6 Å². The van der Waals surface area contributed by atoms with Gasteiger partial charge in [-0.25, -0.2) is 4.98 Å². The number of nitrogens with one attached hydrogen (secondary N) is 1. The Morgan fingerprint density at radius 2 is 2.43 bits per heavy atom. The van der Waals surface area contributed by atoms with Crippen LogP contribution >= 0.6 is 27.3 Å². The first-order valence-electron chi connectivity index (χ1n) is 6.32. The lowest BCUT2D eigenvalue weighted by Crippen LogP contribution is -2.07. The Morgan fingerprint density at radius 3 is 3.19 bits per heavy atom. The number of hydrogen-bond donors (Lipinski definition) is 1. The fraction of sp³-hybridized carbons (Fsp3) is 0.214. The van der Waals surface area contributed by atoms with E-state index in [9.17, 15) is 4.79 Å². The Labute approximate surface area is 135 Å². The van der Waals surface area contributed by atoms with E-state index in [1.807, 2.05) is 29.6 Å². The lowest BCUT2D eigenvalue weighted by Gasteiger charge is -1.98. The summed E-state index contributed by atoms with van der Waals surface area (Å²) in [6.07, 6.45) is 1.89. The number of halogens is 1.